The van der Waals surface area contributed by atoms with E-state index in [0.717, 1.165) is 25.9 Å². The number of nitriles is 1. The van der Waals surface area contributed by atoms with Crippen LogP contribution in [0, 0.1) is 11.3 Å². The molecule has 0 aliphatic rings. The molecule has 0 aliphatic carbocycles. The molecule has 0 amide bonds. The fraction of sp³-hybridized carbons (Fsp3) is 0.160. The van der Waals surface area contributed by atoms with Gasteiger partial charge in [0, 0.05) is 6.54 Å². The van der Waals surface area contributed by atoms with Gasteiger partial charge in [-0.25, -0.2) is 0 Å². The molecule has 0 heterocycles. The lowest BCUT2D eigenvalue weighted by Gasteiger charge is -2.09. The number of allylic oxidation sites excluding steroid dienone is 1. The Morgan fingerprint density at radius 2 is 1.39 bits per heavy atom. The summed E-state index contributed by atoms with van der Waals surface area (Å²) in [5, 5.41) is 12.3. The van der Waals surface area contributed by atoms with E-state index in [1.165, 1.54) is 22.3 Å². The van der Waals surface area contributed by atoms with Gasteiger partial charge in [0.05, 0.1) is 11.6 Å². The molecule has 2 nitrogen and oxygen atoms in total. The quantitative estimate of drug-likeness (QED) is 0.481. The van der Waals surface area contributed by atoms with Crippen LogP contribution in [-0.4, -0.2) is 6.54 Å². The van der Waals surface area contributed by atoms with Gasteiger partial charge in [-0.05, 0) is 53.8 Å². The van der Waals surface area contributed by atoms with E-state index in [1.54, 1.807) is 0 Å². The van der Waals surface area contributed by atoms with E-state index < -0.39 is 0 Å². The first-order valence-electron chi connectivity index (χ1n) is 9.37. The van der Waals surface area contributed by atoms with E-state index >= 15 is 0 Å². The lowest BCUT2D eigenvalue weighted by Crippen LogP contribution is -2.14. The Morgan fingerprint density at radius 3 is 1.93 bits per heavy atom. The number of unbranched alkanes of at least 4 members (excludes halogenated alkanes) is 1. The summed E-state index contributed by atoms with van der Waals surface area (Å²) in [5.41, 5.74) is 5.73. The number of rotatable bonds is 8. The zero-order chi connectivity index (χ0) is 18.7. The van der Waals surface area contributed by atoms with Gasteiger partial charge >= 0.3 is 0 Å². The van der Waals surface area contributed by atoms with Gasteiger partial charge in [0.15, 0.2) is 0 Å². The van der Waals surface area contributed by atoms with Gasteiger partial charge in [-0.3, -0.25) is 0 Å². The average molecular weight is 389 g/mol. The Hall–Kier alpha value is -2.86. The molecule has 0 aromatic heterocycles. The average Bonchev–Trinajstić information content (AvgIpc) is 2.75. The number of hydrogen-bond acceptors (Lipinski definition) is 2. The molecule has 142 valence electrons. The number of nitrogens with one attached hydrogen (secondary N) is 1. The first-order valence-corrected chi connectivity index (χ1v) is 9.37. The molecule has 1 N–H and O–H groups in total. The summed E-state index contributed by atoms with van der Waals surface area (Å²) in [6.07, 6.45) is 4.45. The van der Waals surface area contributed by atoms with Crippen LogP contribution >= 0.6 is 12.4 Å². The van der Waals surface area contributed by atoms with Crippen molar-refractivity contribution in [1.29, 1.82) is 5.26 Å². The predicted octanol–water partition coefficient (Wildman–Crippen LogP) is 5.98. The van der Waals surface area contributed by atoms with E-state index in [4.69, 9.17) is 5.26 Å². The van der Waals surface area contributed by atoms with Gasteiger partial charge in [-0.1, -0.05) is 78.9 Å². The lowest BCUT2D eigenvalue weighted by atomic mass is 9.96. The van der Waals surface area contributed by atoms with Crippen LogP contribution in [0.5, 0.6) is 0 Å². The normalized spacial score (nSPS) is 9.82. The van der Waals surface area contributed by atoms with E-state index in [0.29, 0.717) is 5.56 Å². The minimum Gasteiger partial charge on any atom is -0.313 e. The largest absolute Gasteiger partial charge is 0.313 e. The summed E-state index contributed by atoms with van der Waals surface area (Å²) in [5.74, 6) is 0. The van der Waals surface area contributed by atoms with Crippen LogP contribution in [0.4, 0.5) is 0 Å². The lowest BCUT2D eigenvalue weighted by molar-refractivity contribution is 0.655. The smallest absolute Gasteiger partial charge is 0.0991 e. The van der Waals surface area contributed by atoms with Gasteiger partial charge in [-0.2, -0.15) is 5.26 Å². The Balaban J connectivity index is 0.00000280. The van der Waals surface area contributed by atoms with E-state index in [-0.39, 0.29) is 12.4 Å². The van der Waals surface area contributed by atoms with Crippen LogP contribution in [-0.2, 0) is 6.54 Å². The third kappa shape index (κ3) is 6.39. The van der Waals surface area contributed by atoms with Crippen LogP contribution < -0.4 is 5.32 Å². The fourth-order valence-electron chi connectivity index (χ4n) is 3.04. The first-order chi connectivity index (χ1) is 13.4. The Morgan fingerprint density at radius 1 is 0.821 bits per heavy atom. The third-order valence-corrected chi connectivity index (χ3v) is 4.49. The summed E-state index contributed by atoms with van der Waals surface area (Å²) in [4.78, 5) is 0. The van der Waals surface area contributed by atoms with Crippen LogP contribution in [0.15, 0.2) is 91.0 Å². The van der Waals surface area contributed by atoms with Crippen LogP contribution in [0.2, 0.25) is 0 Å². The molecule has 0 aliphatic heterocycles. The minimum absolute atomic E-state index is 0. The number of nitrogens with zero attached hydrogens (tertiary/aromatic N) is 1. The molecule has 0 unspecified atom stereocenters. The molecule has 0 radical (unpaired) electrons. The van der Waals surface area contributed by atoms with Crippen LogP contribution in [0.3, 0.4) is 0 Å². The molecule has 0 saturated heterocycles. The number of halogens is 1. The van der Waals surface area contributed by atoms with Gasteiger partial charge in [-0.15, -0.1) is 12.4 Å². The highest BCUT2D eigenvalue weighted by molar-refractivity contribution is 5.85. The highest BCUT2D eigenvalue weighted by atomic mass is 35.5. The van der Waals surface area contributed by atoms with Gasteiger partial charge in [0.2, 0.25) is 0 Å². The maximum Gasteiger partial charge on any atom is 0.0991 e. The molecule has 0 saturated carbocycles. The first kappa shape index (κ1) is 21.4. The second-order valence-corrected chi connectivity index (χ2v) is 6.48. The molecule has 0 bridgehead atoms. The molecule has 3 aromatic rings. The summed E-state index contributed by atoms with van der Waals surface area (Å²) in [7, 11) is 0. The highest BCUT2D eigenvalue weighted by Gasteiger charge is 2.03. The SMILES string of the molecule is Cl.N#Cc1ccc(CNCCCC=C(c2ccccc2)c2ccccc2)cc1. The second-order valence-electron chi connectivity index (χ2n) is 6.48. The van der Waals surface area contributed by atoms with Gasteiger partial charge < -0.3 is 5.32 Å². The predicted molar refractivity (Wildman–Crippen MR) is 119 cm³/mol. The summed E-state index contributed by atoms with van der Waals surface area (Å²) in [6, 6.07) is 31.0. The molecular formula is C25H25ClN2. The van der Waals surface area contributed by atoms with Crippen molar-refractivity contribution >= 4 is 18.0 Å². The van der Waals surface area contributed by atoms with Crippen LogP contribution in [0.1, 0.15) is 35.1 Å². The van der Waals surface area contributed by atoms with Crippen molar-refractivity contribution in [3.63, 3.8) is 0 Å². The summed E-state index contributed by atoms with van der Waals surface area (Å²) in [6.45, 7) is 1.80. The van der Waals surface area contributed by atoms with Crippen molar-refractivity contribution in [1.82, 2.24) is 5.32 Å². The zero-order valence-corrected chi connectivity index (χ0v) is 16.7. The van der Waals surface area contributed by atoms with E-state index in [2.05, 4.69) is 78.1 Å². The van der Waals surface area contributed by atoms with Gasteiger partial charge in [0.1, 0.15) is 0 Å². The van der Waals surface area contributed by atoms with Crippen molar-refractivity contribution in [3.05, 3.63) is 113 Å². The van der Waals surface area contributed by atoms with Crippen molar-refractivity contribution in [3.8, 4) is 6.07 Å². The van der Waals surface area contributed by atoms with Crippen molar-refractivity contribution in [2.24, 2.45) is 0 Å². The molecule has 3 aromatic carbocycles. The van der Waals surface area contributed by atoms with E-state index in [1.807, 2.05) is 24.3 Å². The zero-order valence-electron chi connectivity index (χ0n) is 15.8. The topological polar surface area (TPSA) is 35.8 Å². The molecule has 0 spiro atoms. The summed E-state index contributed by atoms with van der Waals surface area (Å²) >= 11 is 0. The summed E-state index contributed by atoms with van der Waals surface area (Å²) < 4.78 is 0. The number of hydrogen-bond donors (Lipinski definition) is 1. The van der Waals surface area contributed by atoms with Crippen molar-refractivity contribution in [2.45, 2.75) is 19.4 Å². The molecule has 28 heavy (non-hydrogen) atoms. The molecular weight excluding hydrogens is 364 g/mol. The maximum atomic E-state index is 8.84. The molecule has 0 fully saturated rings. The second kappa shape index (κ2) is 11.8. The highest BCUT2D eigenvalue weighted by Crippen LogP contribution is 2.23. The number of benzene rings is 3. The van der Waals surface area contributed by atoms with E-state index in [9.17, 15) is 0 Å². The molecule has 3 heteroatoms. The standard InChI is InChI=1S/C25H24N2.ClH/c26-19-21-14-16-22(17-15-21)20-27-18-8-7-13-25(23-9-3-1-4-10-23)24-11-5-2-6-12-24;/h1-6,9-17,27H,7-8,18,20H2;1H. The Bertz CT molecular complexity index is 853. The maximum absolute atomic E-state index is 8.84. The molecule has 3 rings (SSSR count). The minimum atomic E-state index is 0. The molecule has 0 atom stereocenters. The fourth-order valence-corrected chi connectivity index (χ4v) is 3.04. The van der Waals surface area contributed by atoms with Crippen molar-refractivity contribution in [2.75, 3.05) is 6.54 Å². The monoisotopic (exact) mass is 388 g/mol. The Labute approximate surface area is 174 Å². The Kier molecular flexibility index (Phi) is 9.01. The van der Waals surface area contributed by atoms with Gasteiger partial charge in [0.25, 0.3) is 0 Å². The van der Waals surface area contributed by atoms with Crippen molar-refractivity contribution < 1.29 is 0 Å². The third-order valence-electron chi connectivity index (χ3n) is 4.49. The van der Waals surface area contributed by atoms with Crippen LogP contribution in [0.25, 0.3) is 5.57 Å².